The van der Waals surface area contributed by atoms with Gasteiger partial charge in [0.2, 0.25) is 0 Å². The molecule has 10 nitrogen and oxygen atoms in total. The van der Waals surface area contributed by atoms with Crippen molar-refractivity contribution in [1.29, 1.82) is 0 Å². The predicted molar refractivity (Wildman–Crippen MR) is 601 cm³/mol. The highest BCUT2D eigenvalue weighted by atomic mass is 32.1. The highest BCUT2D eigenvalue weighted by molar-refractivity contribution is 7.85. The number of fused-ring (bicyclic) bond motifs is 15. The van der Waals surface area contributed by atoms with Gasteiger partial charge in [0.25, 0.3) is 0 Å². The molecule has 0 unspecified atom stereocenters. The Hall–Kier alpha value is -17.7. The van der Waals surface area contributed by atoms with E-state index in [2.05, 4.69) is 341 Å². The number of thiophene rings is 3. The Kier molecular flexibility index (Phi) is 23.0. The average Bonchev–Trinajstić information content (AvgIpc) is 1.60. The van der Waals surface area contributed by atoms with Gasteiger partial charge in [-0.25, -0.2) is 24.9 Å². The summed E-state index contributed by atoms with van der Waals surface area (Å²) in [5.41, 5.74) is 29.2. The summed E-state index contributed by atoms with van der Waals surface area (Å²) in [6.45, 7) is 0. The molecule has 0 aliphatic rings. The number of benzene rings is 15. The van der Waals surface area contributed by atoms with Crippen molar-refractivity contribution in [2.75, 3.05) is 0 Å². The third-order valence-electron chi connectivity index (χ3n) is 26.5. The Morgan fingerprint density at radius 2 is 0.476 bits per heavy atom. The Bertz CT molecular complexity index is 9380. The van der Waals surface area contributed by atoms with Crippen LogP contribution in [0.3, 0.4) is 0 Å². The van der Waals surface area contributed by atoms with Crippen LogP contribution in [0.25, 0.3) is 239 Å². The van der Waals surface area contributed by atoms with E-state index in [-0.39, 0.29) is 0 Å². The smallest absolute Gasteiger partial charge is 0.171 e. The number of nitrogens with zero attached hydrogens (tertiary/aromatic N) is 9. The standard InChI is InChI=1S/C48H30N4S.C42H26N4S.C39H26NOPS/c1-2-13-31(14-3-1)47-48-46(38-19-4-5-24-44(38)53-48)45-37(20-12-23-41(45)52-47)35-18-11-16-33(28-35)32-15-10-17-34(27-32)36-29-42(39-21-6-8-25-49-39)51-43(30-36)40-22-7-9-26-50-40;1-2-12-27(13-3-1)41-42-40(32-16-4-5-21-38(32)47-42)39-31(17-11-20-35(39)46-41)29-15-10-14-28(24-29)30-25-36(33-18-6-8-22-43-33)45-37(26-30)34-19-7-9-23-44-34;41-42(29-15-6-2-7-16-29,30-17-8-3-9-18-30)31-25-23-27(24-26-31)32-20-12-21-34-36-33-19-10-11-22-35(33)43-39(36)37(40-38(32)34)28-13-4-1-5-14-28/h1-30H;1-26H;1-26H. The number of hydrogen-bond acceptors (Lipinski definition) is 13. The van der Waals surface area contributed by atoms with Gasteiger partial charge < -0.3 is 4.57 Å². The van der Waals surface area contributed by atoms with Crippen molar-refractivity contribution in [2.45, 2.75) is 0 Å². The average molecular weight is 1900 g/mol. The first-order valence-corrected chi connectivity index (χ1v) is 51.7. The Labute approximate surface area is 837 Å². The minimum absolute atomic E-state index is 0.809. The SMILES string of the molecule is O=P(c1ccccc1)(c1ccccc1)c1ccc(-c2cccc3c2nc(-c2ccccc2)c2sc4ccccc4c23)cc1.c1ccc(-c2nc3cccc(-c4cccc(-c5cc(-c6ccccn6)nc(-c6ccccn6)c5)c4)c3c3c2sc2ccccc23)cc1.c1ccc(-c2nc3cccc(-c4cccc(-c5cccc(-c6cc(-c7ccccn7)nc(-c7ccccn7)c6)c5)c4)c3c3c2sc2ccccc23)cc1. The lowest BCUT2D eigenvalue weighted by Gasteiger charge is -2.20. The van der Waals surface area contributed by atoms with Gasteiger partial charge in [-0.05, 0) is 183 Å². The first-order valence-electron chi connectivity index (χ1n) is 47.5. The van der Waals surface area contributed by atoms with Crippen molar-refractivity contribution in [3.05, 3.63) is 498 Å². The summed E-state index contributed by atoms with van der Waals surface area (Å²) in [7, 11) is -3.05. The molecule has 0 N–H and O–H groups in total. The van der Waals surface area contributed by atoms with Crippen LogP contribution in [-0.2, 0) is 4.57 Å². The van der Waals surface area contributed by atoms with Crippen LogP contribution in [0.2, 0.25) is 0 Å². The van der Waals surface area contributed by atoms with Crippen LogP contribution in [0.15, 0.2) is 498 Å². The molecular weight excluding hydrogens is 1820 g/mol. The quantitative estimate of drug-likeness (QED) is 0.0861. The third kappa shape index (κ3) is 16.5. The predicted octanol–water partition coefficient (Wildman–Crippen LogP) is 33.5. The minimum atomic E-state index is -3.05. The van der Waals surface area contributed by atoms with E-state index in [4.69, 9.17) is 24.9 Å². The van der Waals surface area contributed by atoms with Crippen molar-refractivity contribution in [3.63, 3.8) is 0 Å². The molecule has 143 heavy (non-hydrogen) atoms. The lowest BCUT2D eigenvalue weighted by Crippen LogP contribution is -2.24. The van der Waals surface area contributed by atoms with E-state index in [9.17, 15) is 4.57 Å². The molecule has 0 aliphatic heterocycles. The second-order valence-electron chi connectivity index (χ2n) is 35.2. The van der Waals surface area contributed by atoms with Crippen LogP contribution >= 0.6 is 41.2 Å². The maximum atomic E-state index is 14.9. The lowest BCUT2D eigenvalue weighted by atomic mass is 9.93. The number of rotatable bonds is 16. The van der Waals surface area contributed by atoms with E-state index < -0.39 is 7.14 Å². The summed E-state index contributed by atoms with van der Waals surface area (Å²) in [6, 6.07) is 164. The van der Waals surface area contributed by atoms with Crippen LogP contribution in [-0.4, -0.2) is 44.9 Å². The Morgan fingerprint density at radius 3 is 0.867 bits per heavy atom. The van der Waals surface area contributed by atoms with Gasteiger partial charge in [0, 0.05) is 126 Å². The maximum absolute atomic E-state index is 14.9. The molecule has 0 bridgehead atoms. The van der Waals surface area contributed by atoms with Gasteiger partial charge >= 0.3 is 0 Å². The number of hydrogen-bond donors (Lipinski definition) is 0. The molecule has 12 heterocycles. The zero-order valence-electron chi connectivity index (χ0n) is 76.9. The molecule has 0 saturated heterocycles. The summed E-state index contributed by atoms with van der Waals surface area (Å²) in [5.74, 6) is 0. The molecule has 27 aromatic rings. The van der Waals surface area contributed by atoms with Crippen LogP contribution < -0.4 is 15.9 Å². The summed E-state index contributed by atoms with van der Waals surface area (Å²) < 4.78 is 22.3. The molecule has 15 aromatic carbocycles. The molecule has 0 spiro atoms. The first-order chi connectivity index (χ1) is 70.8. The lowest BCUT2D eigenvalue weighted by molar-refractivity contribution is 0.592. The van der Waals surface area contributed by atoms with Crippen molar-refractivity contribution in [2.24, 2.45) is 0 Å². The molecule has 0 fully saturated rings. The monoisotopic (exact) mass is 1900 g/mol. The second-order valence-corrected chi connectivity index (χ2v) is 41.1. The molecule has 0 atom stereocenters. The van der Waals surface area contributed by atoms with Gasteiger partial charge in [0.05, 0.1) is 93.3 Å². The number of pyridine rings is 9. The van der Waals surface area contributed by atoms with Crippen LogP contribution in [0.4, 0.5) is 0 Å². The van der Waals surface area contributed by atoms with Gasteiger partial charge in [0.15, 0.2) is 7.14 Å². The normalized spacial score (nSPS) is 11.5. The van der Waals surface area contributed by atoms with Crippen molar-refractivity contribution in [1.82, 2.24) is 44.9 Å². The van der Waals surface area contributed by atoms with Crippen molar-refractivity contribution >= 4 is 150 Å². The van der Waals surface area contributed by atoms with E-state index in [0.717, 1.165) is 178 Å². The van der Waals surface area contributed by atoms with Gasteiger partial charge in [-0.1, -0.05) is 352 Å². The van der Waals surface area contributed by atoms with Gasteiger partial charge in [0.1, 0.15) is 0 Å². The molecule has 0 aliphatic carbocycles. The number of para-hydroxylation sites is 1. The molecule has 14 heteroatoms. The summed E-state index contributed by atoms with van der Waals surface area (Å²) in [5, 5.41) is 13.5. The summed E-state index contributed by atoms with van der Waals surface area (Å²) in [6.07, 6.45) is 7.21. The van der Waals surface area contributed by atoms with Gasteiger partial charge in [-0.15, -0.1) is 34.0 Å². The van der Waals surface area contributed by atoms with E-state index in [1.807, 2.05) is 174 Å². The third-order valence-corrected chi connectivity index (χ3v) is 33.1. The van der Waals surface area contributed by atoms with Crippen LogP contribution in [0, 0.1) is 0 Å². The van der Waals surface area contributed by atoms with Crippen LogP contribution in [0.5, 0.6) is 0 Å². The summed E-state index contributed by atoms with van der Waals surface area (Å²) >= 11 is 5.45. The van der Waals surface area contributed by atoms with E-state index in [1.54, 1.807) is 36.1 Å². The molecule has 0 radical (unpaired) electrons. The minimum Gasteiger partial charge on any atom is -0.309 e. The topological polar surface area (TPSA) is 133 Å². The highest BCUT2D eigenvalue weighted by Crippen LogP contribution is 2.52. The Morgan fingerprint density at radius 1 is 0.182 bits per heavy atom. The second kappa shape index (κ2) is 37.9. The van der Waals surface area contributed by atoms with Crippen molar-refractivity contribution in [3.8, 4) is 146 Å². The maximum Gasteiger partial charge on any atom is 0.171 e. The number of aromatic nitrogens is 9. The van der Waals surface area contributed by atoms with Crippen LogP contribution in [0.1, 0.15) is 0 Å². The fourth-order valence-electron chi connectivity index (χ4n) is 19.8. The van der Waals surface area contributed by atoms with Crippen molar-refractivity contribution < 1.29 is 4.57 Å². The highest BCUT2D eigenvalue weighted by Gasteiger charge is 2.31. The molecule has 27 rings (SSSR count). The van der Waals surface area contributed by atoms with E-state index >= 15 is 0 Å². The van der Waals surface area contributed by atoms with E-state index in [1.165, 1.54) is 76.9 Å². The zero-order valence-corrected chi connectivity index (χ0v) is 80.3. The molecule has 0 amide bonds. The summed E-state index contributed by atoms with van der Waals surface area (Å²) in [4.78, 5) is 44.4. The largest absolute Gasteiger partial charge is 0.309 e. The molecule has 0 saturated carbocycles. The van der Waals surface area contributed by atoms with Gasteiger partial charge in [-0.3, -0.25) is 19.9 Å². The fourth-order valence-corrected chi connectivity index (χ4v) is 26.1. The fraction of sp³-hybridized carbons (Fsp3) is 0. The molecule has 12 aromatic heterocycles. The zero-order chi connectivity index (χ0) is 95.1. The Balaban J connectivity index is 0.000000113. The molecular formula is C129H82N9OPS3. The van der Waals surface area contributed by atoms with Gasteiger partial charge in [-0.2, -0.15) is 0 Å². The first kappa shape index (κ1) is 86.9. The molecule has 672 valence electrons. The van der Waals surface area contributed by atoms with E-state index in [0.29, 0.717) is 0 Å².